The van der Waals surface area contributed by atoms with Gasteiger partial charge >= 0.3 is 0 Å². The van der Waals surface area contributed by atoms with E-state index >= 15 is 0 Å². The van der Waals surface area contributed by atoms with Gasteiger partial charge in [-0.15, -0.1) is 0 Å². The van der Waals surface area contributed by atoms with Crippen LogP contribution >= 0.6 is 0 Å². The van der Waals surface area contributed by atoms with Crippen LogP contribution in [0.5, 0.6) is 0 Å². The van der Waals surface area contributed by atoms with Crippen molar-refractivity contribution in [1.29, 1.82) is 0 Å². The van der Waals surface area contributed by atoms with E-state index in [1.807, 2.05) is 13.8 Å². The van der Waals surface area contributed by atoms with E-state index in [1.165, 1.54) is 0 Å². The van der Waals surface area contributed by atoms with Crippen LogP contribution < -0.4 is 10.6 Å². The predicted molar refractivity (Wildman–Crippen MR) is 71.2 cm³/mol. The number of amides is 2. The number of rotatable bonds is 8. The molecule has 1 fully saturated rings. The first kappa shape index (κ1) is 15.0. The van der Waals surface area contributed by atoms with Crippen molar-refractivity contribution in [2.75, 3.05) is 20.1 Å². The third kappa shape index (κ3) is 6.00. The molecule has 0 aromatic heterocycles. The minimum Gasteiger partial charge on any atom is -0.353 e. The second-order valence-corrected chi connectivity index (χ2v) is 5.22. The quantitative estimate of drug-likeness (QED) is 0.621. The minimum absolute atomic E-state index is 0.0902. The number of carbonyl (C=O) groups is 2. The third-order valence-electron chi connectivity index (χ3n) is 3.14. The van der Waals surface area contributed by atoms with Crippen LogP contribution in [0.1, 0.15) is 39.5 Å². The average molecular weight is 255 g/mol. The molecular weight excluding hydrogens is 230 g/mol. The lowest BCUT2D eigenvalue weighted by atomic mass is 10.3. The zero-order chi connectivity index (χ0) is 13.5. The van der Waals surface area contributed by atoms with Gasteiger partial charge in [0.25, 0.3) is 0 Å². The SMILES string of the molecule is CC(C)N(C)C(=O)CNCCCC(=O)NC1CC1. The third-order valence-corrected chi connectivity index (χ3v) is 3.14. The monoisotopic (exact) mass is 255 g/mol. The lowest BCUT2D eigenvalue weighted by Crippen LogP contribution is -2.39. The fourth-order valence-corrected chi connectivity index (χ4v) is 1.51. The van der Waals surface area contributed by atoms with Gasteiger partial charge in [0.15, 0.2) is 0 Å². The van der Waals surface area contributed by atoms with E-state index in [-0.39, 0.29) is 17.9 Å². The molecule has 5 heteroatoms. The second kappa shape index (κ2) is 7.36. The van der Waals surface area contributed by atoms with Gasteiger partial charge in [-0.3, -0.25) is 9.59 Å². The Bertz CT molecular complexity index is 288. The maximum atomic E-state index is 11.6. The van der Waals surface area contributed by atoms with Crippen molar-refractivity contribution in [1.82, 2.24) is 15.5 Å². The number of carbonyl (C=O) groups excluding carboxylic acids is 2. The van der Waals surface area contributed by atoms with Crippen molar-refractivity contribution in [2.45, 2.75) is 51.6 Å². The average Bonchev–Trinajstić information content (AvgIpc) is 3.10. The highest BCUT2D eigenvalue weighted by molar-refractivity contribution is 5.78. The summed E-state index contributed by atoms with van der Waals surface area (Å²) in [5.41, 5.74) is 0. The molecule has 0 atom stereocenters. The second-order valence-electron chi connectivity index (χ2n) is 5.22. The van der Waals surface area contributed by atoms with Gasteiger partial charge in [-0.2, -0.15) is 0 Å². The molecule has 2 N–H and O–H groups in total. The molecule has 0 aliphatic heterocycles. The van der Waals surface area contributed by atoms with E-state index in [2.05, 4.69) is 10.6 Å². The number of nitrogens with one attached hydrogen (secondary N) is 2. The van der Waals surface area contributed by atoms with E-state index in [1.54, 1.807) is 11.9 Å². The van der Waals surface area contributed by atoms with Crippen LogP contribution in [-0.4, -0.2) is 48.9 Å². The molecule has 1 saturated carbocycles. The van der Waals surface area contributed by atoms with E-state index in [0.717, 1.165) is 19.3 Å². The summed E-state index contributed by atoms with van der Waals surface area (Å²) < 4.78 is 0. The highest BCUT2D eigenvalue weighted by Gasteiger charge is 2.22. The Kier molecular flexibility index (Phi) is 6.12. The van der Waals surface area contributed by atoms with Crippen molar-refractivity contribution in [2.24, 2.45) is 0 Å². The zero-order valence-corrected chi connectivity index (χ0v) is 11.7. The van der Waals surface area contributed by atoms with Crippen molar-refractivity contribution in [3.05, 3.63) is 0 Å². The number of nitrogens with zero attached hydrogens (tertiary/aromatic N) is 1. The van der Waals surface area contributed by atoms with Gasteiger partial charge in [0.1, 0.15) is 0 Å². The molecule has 1 rings (SSSR count). The van der Waals surface area contributed by atoms with E-state index in [4.69, 9.17) is 0 Å². The first-order valence-electron chi connectivity index (χ1n) is 6.76. The molecule has 18 heavy (non-hydrogen) atoms. The molecule has 0 heterocycles. The van der Waals surface area contributed by atoms with E-state index in [0.29, 0.717) is 25.6 Å². The first-order valence-corrected chi connectivity index (χ1v) is 6.76. The van der Waals surface area contributed by atoms with Gasteiger partial charge in [-0.25, -0.2) is 0 Å². The summed E-state index contributed by atoms with van der Waals surface area (Å²) in [5.74, 6) is 0.220. The fourth-order valence-electron chi connectivity index (χ4n) is 1.51. The van der Waals surface area contributed by atoms with Crippen molar-refractivity contribution in [3.63, 3.8) is 0 Å². The summed E-state index contributed by atoms with van der Waals surface area (Å²) >= 11 is 0. The van der Waals surface area contributed by atoms with Gasteiger partial charge < -0.3 is 15.5 Å². The van der Waals surface area contributed by atoms with Crippen molar-refractivity contribution >= 4 is 11.8 Å². The fraction of sp³-hybridized carbons (Fsp3) is 0.846. The Morgan fingerprint density at radius 3 is 2.56 bits per heavy atom. The molecule has 0 spiro atoms. The van der Waals surface area contributed by atoms with Crippen LogP contribution in [0.15, 0.2) is 0 Å². The molecule has 104 valence electrons. The lowest BCUT2D eigenvalue weighted by molar-refractivity contribution is -0.130. The van der Waals surface area contributed by atoms with Crippen LogP contribution in [0.3, 0.4) is 0 Å². The zero-order valence-electron chi connectivity index (χ0n) is 11.7. The summed E-state index contributed by atoms with van der Waals surface area (Å²) in [6.07, 6.45) is 3.56. The van der Waals surface area contributed by atoms with Gasteiger partial charge in [-0.05, 0) is 39.7 Å². The van der Waals surface area contributed by atoms with Crippen LogP contribution in [-0.2, 0) is 9.59 Å². The maximum absolute atomic E-state index is 11.6. The summed E-state index contributed by atoms with van der Waals surface area (Å²) in [4.78, 5) is 24.7. The largest absolute Gasteiger partial charge is 0.353 e. The van der Waals surface area contributed by atoms with Crippen LogP contribution in [0.25, 0.3) is 0 Å². The van der Waals surface area contributed by atoms with Gasteiger partial charge in [0.2, 0.25) is 11.8 Å². The molecule has 1 aliphatic carbocycles. The Balaban J connectivity index is 1.97. The van der Waals surface area contributed by atoms with Crippen LogP contribution in [0, 0.1) is 0 Å². The summed E-state index contributed by atoms with van der Waals surface area (Å²) in [6.45, 7) is 5.02. The predicted octanol–water partition coefficient (Wildman–Crippen LogP) is 0.502. The molecule has 1 aliphatic rings. The summed E-state index contributed by atoms with van der Waals surface area (Å²) in [5, 5.41) is 6.02. The Morgan fingerprint density at radius 1 is 1.33 bits per heavy atom. The molecular formula is C13H25N3O2. The number of hydrogen-bond donors (Lipinski definition) is 2. The molecule has 0 radical (unpaired) electrons. The van der Waals surface area contributed by atoms with Crippen LogP contribution in [0.4, 0.5) is 0 Å². The van der Waals surface area contributed by atoms with Crippen LogP contribution in [0.2, 0.25) is 0 Å². The Labute approximate surface area is 109 Å². The van der Waals surface area contributed by atoms with Gasteiger partial charge in [-0.1, -0.05) is 0 Å². The van der Waals surface area contributed by atoms with E-state index in [9.17, 15) is 9.59 Å². The summed E-state index contributed by atoms with van der Waals surface area (Å²) in [7, 11) is 1.80. The molecule has 2 amide bonds. The highest BCUT2D eigenvalue weighted by Crippen LogP contribution is 2.18. The highest BCUT2D eigenvalue weighted by atomic mass is 16.2. The molecule has 0 bridgehead atoms. The minimum atomic E-state index is 0.0902. The Morgan fingerprint density at radius 2 is 2.00 bits per heavy atom. The smallest absolute Gasteiger partial charge is 0.236 e. The van der Waals surface area contributed by atoms with Crippen molar-refractivity contribution < 1.29 is 9.59 Å². The first-order chi connectivity index (χ1) is 8.50. The molecule has 0 aromatic rings. The number of likely N-dealkylation sites (N-methyl/N-ethyl adjacent to an activating group) is 1. The molecule has 5 nitrogen and oxygen atoms in total. The Hall–Kier alpha value is -1.10. The normalized spacial score (nSPS) is 14.7. The topological polar surface area (TPSA) is 61.4 Å². The van der Waals surface area contributed by atoms with Crippen molar-refractivity contribution in [3.8, 4) is 0 Å². The number of hydrogen-bond acceptors (Lipinski definition) is 3. The van der Waals surface area contributed by atoms with E-state index < -0.39 is 0 Å². The molecule has 0 aromatic carbocycles. The molecule has 0 unspecified atom stereocenters. The summed E-state index contributed by atoms with van der Waals surface area (Å²) in [6, 6.07) is 0.662. The van der Waals surface area contributed by atoms with Gasteiger partial charge in [0, 0.05) is 25.6 Å². The molecule has 0 saturated heterocycles. The standard InChI is InChI=1S/C13H25N3O2/c1-10(2)16(3)13(18)9-14-8-4-5-12(17)15-11-6-7-11/h10-11,14H,4-9H2,1-3H3,(H,15,17). The lowest BCUT2D eigenvalue weighted by Gasteiger charge is -2.21. The van der Waals surface area contributed by atoms with Gasteiger partial charge in [0.05, 0.1) is 6.54 Å². The maximum Gasteiger partial charge on any atom is 0.236 e.